The molecule has 1 aliphatic carbocycles. The molecule has 0 radical (unpaired) electrons. The lowest BCUT2D eigenvalue weighted by Gasteiger charge is -2.26. The molecule has 0 saturated carbocycles. The lowest BCUT2D eigenvalue weighted by molar-refractivity contribution is -0.135. The molecule has 9 heteroatoms. The molecule has 9 nitrogen and oxygen atoms in total. The van der Waals surface area contributed by atoms with E-state index >= 15 is 0 Å². The average molecular weight is 480 g/mol. The Morgan fingerprint density at radius 1 is 1.11 bits per heavy atom. The Balaban J connectivity index is 1.36. The predicted octanol–water partition coefficient (Wildman–Crippen LogP) is 2.26. The summed E-state index contributed by atoms with van der Waals surface area (Å²) in [5, 5.41) is 2.94. The van der Waals surface area contributed by atoms with E-state index < -0.39 is 0 Å². The average Bonchev–Trinajstić information content (AvgIpc) is 3.24. The SMILES string of the molecule is COc1cc(=O)n2c(c1C(=O)NCc1ccc3c(c1)OCO3)CCN(C(=O)C1CC=CCC1)CC2. The van der Waals surface area contributed by atoms with Crippen LogP contribution in [0.1, 0.15) is 40.9 Å². The number of rotatable bonds is 5. The van der Waals surface area contributed by atoms with E-state index in [1.54, 1.807) is 4.57 Å². The Morgan fingerprint density at radius 3 is 2.77 bits per heavy atom. The molecule has 0 bridgehead atoms. The van der Waals surface area contributed by atoms with Crippen LogP contribution in [0.2, 0.25) is 0 Å². The minimum absolute atomic E-state index is 0.0167. The molecule has 1 atom stereocenters. The Kier molecular flexibility index (Phi) is 6.48. The largest absolute Gasteiger partial charge is 0.496 e. The van der Waals surface area contributed by atoms with E-state index in [4.69, 9.17) is 14.2 Å². The number of aromatic nitrogens is 1. The number of carbonyl (C=O) groups is 2. The van der Waals surface area contributed by atoms with Gasteiger partial charge in [-0.15, -0.1) is 0 Å². The fraction of sp³-hybridized carbons (Fsp3) is 0.423. The van der Waals surface area contributed by atoms with E-state index in [-0.39, 0.29) is 42.4 Å². The molecular weight excluding hydrogens is 450 g/mol. The van der Waals surface area contributed by atoms with Crippen LogP contribution in [-0.2, 0) is 24.3 Å². The van der Waals surface area contributed by atoms with Crippen LogP contribution in [0, 0.1) is 5.92 Å². The van der Waals surface area contributed by atoms with E-state index in [1.807, 2.05) is 23.1 Å². The smallest absolute Gasteiger partial charge is 0.257 e. The first-order valence-electron chi connectivity index (χ1n) is 12.0. The van der Waals surface area contributed by atoms with Crippen LogP contribution in [0.4, 0.5) is 0 Å². The van der Waals surface area contributed by atoms with Crippen LogP contribution in [0.3, 0.4) is 0 Å². The minimum Gasteiger partial charge on any atom is -0.496 e. The number of fused-ring (bicyclic) bond motifs is 2. The highest BCUT2D eigenvalue weighted by Crippen LogP contribution is 2.32. The third-order valence-electron chi connectivity index (χ3n) is 6.86. The van der Waals surface area contributed by atoms with E-state index in [0.29, 0.717) is 48.8 Å². The maximum absolute atomic E-state index is 13.3. The molecule has 3 aliphatic rings. The van der Waals surface area contributed by atoms with Gasteiger partial charge in [0.25, 0.3) is 11.5 Å². The molecule has 2 aliphatic heterocycles. The van der Waals surface area contributed by atoms with Crippen molar-refractivity contribution in [1.82, 2.24) is 14.8 Å². The highest BCUT2D eigenvalue weighted by molar-refractivity contribution is 5.98. The molecule has 2 amide bonds. The zero-order valence-corrected chi connectivity index (χ0v) is 19.7. The number of benzene rings is 1. The highest BCUT2D eigenvalue weighted by Gasteiger charge is 2.29. The van der Waals surface area contributed by atoms with Crippen LogP contribution >= 0.6 is 0 Å². The van der Waals surface area contributed by atoms with E-state index in [0.717, 1.165) is 24.8 Å². The van der Waals surface area contributed by atoms with Crippen LogP contribution in [0.15, 0.2) is 41.2 Å². The topological polar surface area (TPSA) is 99.1 Å². The monoisotopic (exact) mass is 479 g/mol. The molecule has 1 unspecified atom stereocenters. The van der Waals surface area contributed by atoms with Crippen molar-refractivity contribution >= 4 is 11.8 Å². The summed E-state index contributed by atoms with van der Waals surface area (Å²) in [6, 6.07) is 6.86. The molecule has 0 saturated heterocycles. The maximum atomic E-state index is 13.3. The van der Waals surface area contributed by atoms with E-state index in [9.17, 15) is 14.4 Å². The number of hydrogen-bond acceptors (Lipinski definition) is 6. The molecule has 35 heavy (non-hydrogen) atoms. The lowest BCUT2D eigenvalue weighted by Crippen LogP contribution is -2.38. The first-order chi connectivity index (χ1) is 17.0. The Hall–Kier alpha value is -3.75. The van der Waals surface area contributed by atoms with Gasteiger partial charge in [-0.05, 0) is 37.0 Å². The number of allylic oxidation sites excluding steroid dienone is 2. The zero-order chi connectivity index (χ0) is 24.4. The van der Waals surface area contributed by atoms with Gasteiger partial charge < -0.3 is 29.0 Å². The fourth-order valence-electron chi connectivity index (χ4n) is 4.97. The van der Waals surface area contributed by atoms with Gasteiger partial charge in [-0.2, -0.15) is 0 Å². The van der Waals surface area contributed by atoms with Gasteiger partial charge in [0.1, 0.15) is 11.3 Å². The molecule has 1 aromatic carbocycles. The van der Waals surface area contributed by atoms with Crippen molar-refractivity contribution in [3.05, 3.63) is 63.6 Å². The molecule has 5 rings (SSSR count). The summed E-state index contributed by atoms with van der Waals surface area (Å²) in [7, 11) is 1.45. The second kappa shape index (κ2) is 9.85. The van der Waals surface area contributed by atoms with Crippen molar-refractivity contribution in [1.29, 1.82) is 0 Å². The number of ether oxygens (including phenoxy) is 3. The number of pyridine rings is 1. The van der Waals surface area contributed by atoms with Crippen LogP contribution in [-0.4, -0.2) is 48.3 Å². The van der Waals surface area contributed by atoms with Gasteiger partial charge in [-0.3, -0.25) is 14.4 Å². The third-order valence-corrected chi connectivity index (χ3v) is 6.86. The standard InChI is InChI=1S/C26H29N3O6/c1-33-22-14-23(30)29-12-11-28(26(32)18-5-3-2-4-6-18)10-9-19(29)24(22)25(31)27-15-17-7-8-20-21(13-17)35-16-34-20/h2-3,7-8,13-14,18H,4-6,9-12,15-16H2,1H3,(H,27,31). The van der Waals surface area contributed by atoms with Crippen LogP contribution in [0.5, 0.6) is 17.2 Å². The zero-order valence-electron chi connectivity index (χ0n) is 19.7. The summed E-state index contributed by atoms with van der Waals surface area (Å²) in [5.74, 6) is 1.33. The van der Waals surface area contributed by atoms with E-state index in [1.165, 1.54) is 13.2 Å². The third kappa shape index (κ3) is 4.62. The maximum Gasteiger partial charge on any atom is 0.257 e. The number of methoxy groups -OCH3 is 1. The van der Waals surface area contributed by atoms with Gasteiger partial charge in [0.05, 0.1) is 7.11 Å². The number of carbonyl (C=O) groups excluding carboxylic acids is 2. The Morgan fingerprint density at radius 2 is 1.97 bits per heavy atom. The van der Waals surface area contributed by atoms with Crippen molar-refractivity contribution in [2.24, 2.45) is 5.92 Å². The fourth-order valence-corrected chi connectivity index (χ4v) is 4.97. The first-order valence-corrected chi connectivity index (χ1v) is 12.0. The normalized spacial score (nSPS) is 18.5. The quantitative estimate of drug-likeness (QED) is 0.661. The summed E-state index contributed by atoms with van der Waals surface area (Å²) >= 11 is 0. The highest BCUT2D eigenvalue weighted by atomic mass is 16.7. The van der Waals surface area contributed by atoms with Crippen molar-refractivity contribution in [3.8, 4) is 17.2 Å². The van der Waals surface area contributed by atoms with Gasteiger partial charge in [-0.1, -0.05) is 18.2 Å². The summed E-state index contributed by atoms with van der Waals surface area (Å²) in [6.45, 7) is 1.70. The predicted molar refractivity (Wildman–Crippen MR) is 128 cm³/mol. The summed E-state index contributed by atoms with van der Waals surface area (Å²) in [4.78, 5) is 41.1. The van der Waals surface area contributed by atoms with E-state index in [2.05, 4.69) is 17.5 Å². The molecule has 184 valence electrons. The van der Waals surface area contributed by atoms with Crippen LogP contribution in [0.25, 0.3) is 0 Å². The van der Waals surface area contributed by atoms with Crippen molar-refractivity contribution < 1.29 is 23.8 Å². The number of amides is 2. The second-order valence-electron chi connectivity index (χ2n) is 8.95. The molecule has 1 aromatic heterocycles. The Labute approximate surface area is 203 Å². The molecule has 0 spiro atoms. The summed E-state index contributed by atoms with van der Waals surface area (Å²) < 4.78 is 17.8. The summed E-state index contributed by atoms with van der Waals surface area (Å²) in [6.07, 6.45) is 7.09. The number of hydrogen-bond donors (Lipinski definition) is 1. The summed E-state index contributed by atoms with van der Waals surface area (Å²) in [5.41, 5.74) is 1.55. The molecule has 0 fully saturated rings. The first kappa shape index (κ1) is 23.0. The molecule has 1 N–H and O–H groups in total. The number of nitrogens with zero attached hydrogens (tertiary/aromatic N) is 2. The molecule has 3 heterocycles. The van der Waals surface area contributed by atoms with Gasteiger partial charge in [0.2, 0.25) is 12.7 Å². The van der Waals surface area contributed by atoms with Crippen molar-refractivity contribution in [3.63, 3.8) is 0 Å². The van der Waals surface area contributed by atoms with Gasteiger partial charge in [-0.25, -0.2) is 0 Å². The van der Waals surface area contributed by atoms with Crippen molar-refractivity contribution in [2.75, 3.05) is 27.0 Å². The van der Waals surface area contributed by atoms with Gasteiger partial charge >= 0.3 is 0 Å². The van der Waals surface area contributed by atoms with Crippen LogP contribution < -0.4 is 25.1 Å². The van der Waals surface area contributed by atoms with Gasteiger partial charge in [0, 0.05) is 50.3 Å². The molecular formula is C26H29N3O6. The number of nitrogens with one attached hydrogen (secondary N) is 1. The van der Waals surface area contributed by atoms with Gasteiger partial charge in [0.15, 0.2) is 11.5 Å². The minimum atomic E-state index is -0.333. The molecule has 2 aromatic rings. The Bertz CT molecular complexity index is 1230. The van der Waals surface area contributed by atoms with Crippen molar-refractivity contribution in [2.45, 2.75) is 38.8 Å². The lowest BCUT2D eigenvalue weighted by atomic mass is 9.93. The second-order valence-corrected chi connectivity index (χ2v) is 8.95.